The molecule has 2 nitrogen and oxygen atoms in total. The second-order valence-corrected chi connectivity index (χ2v) is 4.03. The number of rotatable bonds is 8. The van der Waals surface area contributed by atoms with E-state index in [-0.39, 0.29) is 0 Å². The first kappa shape index (κ1) is 13.8. The van der Waals surface area contributed by atoms with Crippen LogP contribution in [-0.4, -0.2) is 13.2 Å². The molecule has 0 saturated heterocycles. The summed E-state index contributed by atoms with van der Waals surface area (Å²) in [6.45, 7) is 9.74. The van der Waals surface area contributed by atoms with E-state index in [1.807, 2.05) is 25.1 Å². The summed E-state index contributed by atoms with van der Waals surface area (Å²) in [6.07, 6.45) is 4.06. The van der Waals surface area contributed by atoms with E-state index >= 15 is 0 Å². The second kappa shape index (κ2) is 7.91. The number of benzene rings is 1. The molecule has 94 valence electrons. The molecule has 1 aromatic carbocycles. The molecule has 1 aromatic rings. The van der Waals surface area contributed by atoms with Crippen LogP contribution in [0.2, 0.25) is 0 Å². The van der Waals surface area contributed by atoms with Gasteiger partial charge in [0.1, 0.15) is 5.75 Å². The van der Waals surface area contributed by atoms with Crippen LogP contribution in [0.3, 0.4) is 0 Å². The van der Waals surface area contributed by atoms with Gasteiger partial charge in [0.05, 0.1) is 6.61 Å². The molecule has 0 spiro atoms. The Morgan fingerprint density at radius 2 is 2.00 bits per heavy atom. The van der Waals surface area contributed by atoms with E-state index in [0.717, 1.165) is 25.1 Å². The van der Waals surface area contributed by atoms with Crippen LogP contribution in [0.25, 0.3) is 0 Å². The SMILES string of the molecule is C=CCC(NCCC)c1ccc(OCC)cc1. The number of hydrogen-bond acceptors (Lipinski definition) is 2. The third-order valence-electron chi connectivity index (χ3n) is 2.64. The van der Waals surface area contributed by atoms with Gasteiger partial charge in [0.2, 0.25) is 0 Å². The third-order valence-corrected chi connectivity index (χ3v) is 2.64. The van der Waals surface area contributed by atoms with Crippen LogP contribution in [0.4, 0.5) is 0 Å². The Morgan fingerprint density at radius 1 is 1.29 bits per heavy atom. The van der Waals surface area contributed by atoms with Crippen molar-refractivity contribution in [2.24, 2.45) is 0 Å². The zero-order chi connectivity index (χ0) is 12.5. The van der Waals surface area contributed by atoms with E-state index < -0.39 is 0 Å². The van der Waals surface area contributed by atoms with E-state index in [2.05, 4.69) is 31.0 Å². The van der Waals surface area contributed by atoms with Gasteiger partial charge < -0.3 is 10.1 Å². The van der Waals surface area contributed by atoms with Crippen LogP contribution in [0.1, 0.15) is 38.3 Å². The van der Waals surface area contributed by atoms with Crippen molar-refractivity contribution in [2.75, 3.05) is 13.2 Å². The van der Waals surface area contributed by atoms with Crippen molar-refractivity contribution in [3.63, 3.8) is 0 Å². The molecule has 0 aliphatic heterocycles. The third kappa shape index (κ3) is 4.61. The Balaban J connectivity index is 2.68. The quantitative estimate of drug-likeness (QED) is 0.691. The fraction of sp³-hybridized carbons (Fsp3) is 0.467. The Kier molecular flexibility index (Phi) is 6.41. The zero-order valence-electron chi connectivity index (χ0n) is 10.9. The summed E-state index contributed by atoms with van der Waals surface area (Å²) >= 11 is 0. The minimum atomic E-state index is 0.364. The zero-order valence-corrected chi connectivity index (χ0v) is 10.9. The molecule has 0 aliphatic rings. The number of hydrogen-bond donors (Lipinski definition) is 1. The predicted octanol–water partition coefficient (Wildman–Crippen LogP) is 3.70. The van der Waals surface area contributed by atoms with Crippen LogP contribution < -0.4 is 10.1 Å². The Hall–Kier alpha value is -1.28. The standard InChI is InChI=1S/C15H23NO/c1-4-7-15(16-12-5-2)13-8-10-14(11-9-13)17-6-3/h4,8-11,15-16H,1,5-7,12H2,2-3H3. The van der Waals surface area contributed by atoms with Gasteiger partial charge in [0.15, 0.2) is 0 Å². The van der Waals surface area contributed by atoms with Crippen molar-refractivity contribution in [3.8, 4) is 5.75 Å². The smallest absolute Gasteiger partial charge is 0.119 e. The number of nitrogens with one attached hydrogen (secondary N) is 1. The molecule has 0 amide bonds. The molecule has 0 saturated carbocycles. The average molecular weight is 233 g/mol. The summed E-state index contributed by atoms with van der Waals surface area (Å²) in [5.41, 5.74) is 1.29. The van der Waals surface area contributed by atoms with Crippen molar-refractivity contribution < 1.29 is 4.74 Å². The highest BCUT2D eigenvalue weighted by Crippen LogP contribution is 2.20. The van der Waals surface area contributed by atoms with Gasteiger partial charge in [0.25, 0.3) is 0 Å². The van der Waals surface area contributed by atoms with Gasteiger partial charge in [-0.1, -0.05) is 25.1 Å². The highest BCUT2D eigenvalue weighted by Gasteiger charge is 2.08. The molecule has 0 bridgehead atoms. The lowest BCUT2D eigenvalue weighted by atomic mass is 10.0. The Morgan fingerprint density at radius 3 is 2.53 bits per heavy atom. The van der Waals surface area contributed by atoms with Crippen molar-refractivity contribution in [3.05, 3.63) is 42.5 Å². The molecule has 1 rings (SSSR count). The second-order valence-electron chi connectivity index (χ2n) is 4.03. The number of ether oxygens (including phenoxy) is 1. The fourth-order valence-corrected chi connectivity index (χ4v) is 1.79. The maximum absolute atomic E-state index is 5.44. The Bertz CT molecular complexity index is 318. The molecule has 0 aliphatic carbocycles. The van der Waals surface area contributed by atoms with Crippen molar-refractivity contribution in [2.45, 2.75) is 32.7 Å². The fourth-order valence-electron chi connectivity index (χ4n) is 1.79. The van der Waals surface area contributed by atoms with Gasteiger partial charge >= 0.3 is 0 Å². The largest absolute Gasteiger partial charge is 0.494 e. The molecule has 17 heavy (non-hydrogen) atoms. The van der Waals surface area contributed by atoms with Crippen molar-refractivity contribution in [1.29, 1.82) is 0 Å². The van der Waals surface area contributed by atoms with Crippen LogP contribution in [0, 0.1) is 0 Å². The minimum absolute atomic E-state index is 0.364. The summed E-state index contributed by atoms with van der Waals surface area (Å²) in [4.78, 5) is 0. The van der Waals surface area contributed by atoms with Gasteiger partial charge in [-0.25, -0.2) is 0 Å². The summed E-state index contributed by atoms with van der Waals surface area (Å²) in [5, 5.41) is 3.53. The first-order valence-electron chi connectivity index (χ1n) is 6.38. The monoisotopic (exact) mass is 233 g/mol. The van der Waals surface area contributed by atoms with E-state index in [0.29, 0.717) is 12.6 Å². The van der Waals surface area contributed by atoms with Gasteiger partial charge in [-0.3, -0.25) is 0 Å². The van der Waals surface area contributed by atoms with E-state index in [4.69, 9.17) is 4.74 Å². The first-order chi connectivity index (χ1) is 8.31. The van der Waals surface area contributed by atoms with Gasteiger partial charge in [-0.15, -0.1) is 6.58 Å². The van der Waals surface area contributed by atoms with Crippen LogP contribution in [-0.2, 0) is 0 Å². The molecule has 0 radical (unpaired) electrons. The molecule has 2 heteroatoms. The molecule has 0 heterocycles. The van der Waals surface area contributed by atoms with Gasteiger partial charge in [-0.05, 0) is 44.0 Å². The lowest BCUT2D eigenvalue weighted by Crippen LogP contribution is -2.21. The Labute approximate surface area is 105 Å². The maximum atomic E-state index is 5.44. The van der Waals surface area contributed by atoms with Gasteiger partial charge in [0, 0.05) is 6.04 Å². The first-order valence-corrected chi connectivity index (χ1v) is 6.38. The molecule has 1 N–H and O–H groups in total. The van der Waals surface area contributed by atoms with Crippen molar-refractivity contribution in [1.82, 2.24) is 5.32 Å². The van der Waals surface area contributed by atoms with Gasteiger partial charge in [-0.2, -0.15) is 0 Å². The van der Waals surface area contributed by atoms with E-state index in [1.54, 1.807) is 0 Å². The molecular weight excluding hydrogens is 210 g/mol. The lowest BCUT2D eigenvalue weighted by Gasteiger charge is -2.17. The highest BCUT2D eigenvalue weighted by atomic mass is 16.5. The lowest BCUT2D eigenvalue weighted by molar-refractivity contribution is 0.340. The van der Waals surface area contributed by atoms with E-state index in [1.165, 1.54) is 5.56 Å². The summed E-state index contributed by atoms with van der Waals surface area (Å²) in [5.74, 6) is 0.934. The summed E-state index contributed by atoms with van der Waals surface area (Å²) in [7, 11) is 0. The van der Waals surface area contributed by atoms with Crippen LogP contribution in [0.15, 0.2) is 36.9 Å². The highest BCUT2D eigenvalue weighted by molar-refractivity contribution is 5.29. The molecule has 1 atom stereocenters. The van der Waals surface area contributed by atoms with E-state index in [9.17, 15) is 0 Å². The normalized spacial score (nSPS) is 12.1. The molecule has 0 fully saturated rings. The average Bonchev–Trinajstić information content (AvgIpc) is 2.36. The summed E-state index contributed by atoms with van der Waals surface area (Å²) < 4.78 is 5.44. The molecular formula is C15H23NO. The molecule has 1 unspecified atom stereocenters. The topological polar surface area (TPSA) is 21.3 Å². The maximum Gasteiger partial charge on any atom is 0.119 e. The van der Waals surface area contributed by atoms with Crippen LogP contribution >= 0.6 is 0 Å². The summed E-state index contributed by atoms with van der Waals surface area (Å²) in [6, 6.07) is 8.68. The predicted molar refractivity (Wildman–Crippen MR) is 73.5 cm³/mol. The van der Waals surface area contributed by atoms with Crippen molar-refractivity contribution >= 4 is 0 Å². The molecule has 0 aromatic heterocycles. The minimum Gasteiger partial charge on any atom is -0.494 e. The van der Waals surface area contributed by atoms with Crippen LogP contribution in [0.5, 0.6) is 5.75 Å².